The molecular formula is C32H40N2O6. The van der Waals surface area contributed by atoms with Gasteiger partial charge in [-0.3, -0.25) is 9.59 Å². The van der Waals surface area contributed by atoms with Crippen LogP contribution in [-0.4, -0.2) is 57.3 Å². The number of hydrogen-bond donors (Lipinski definition) is 1. The first kappa shape index (κ1) is 30.5. The molecule has 0 spiro atoms. The molecule has 1 atom stereocenters. The Morgan fingerprint density at radius 3 is 2.12 bits per heavy atom. The van der Waals surface area contributed by atoms with Crippen LogP contribution in [0.4, 0.5) is 0 Å². The Bertz CT molecular complexity index is 1210. The molecule has 0 aliphatic carbocycles. The van der Waals surface area contributed by atoms with Crippen molar-refractivity contribution < 1.29 is 28.5 Å². The predicted molar refractivity (Wildman–Crippen MR) is 155 cm³/mol. The highest BCUT2D eigenvalue weighted by molar-refractivity contribution is 5.89. The maximum atomic E-state index is 14.0. The van der Waals surface area contributed by atoms with E-state index >= 15 is 0 Å². The van der Waals surface area contributed by atoms with Crippen LogP contribution in [0, 0.1) is 0 Å². The third-order valence-corrected chi connectivity index (χ3v) is 6.38. The standard InChI is InChI=1S/C32H40N2O6/c1-23(2)40-19-9-18-33-32(36)31(26-10-7-6-8-11-26)34(22-24-12-15-27(37-3)16-13-24)30(35)21-25-14-17-28(38-4)29(20-25)39-5/h6-8,10-17,20,23,31H,9,18-19,21-22H2,1-5H3,(H,33,36)/t31-/m0/s1. The molecule has 0 aliphatic rings. The van der Waals surface area contributed by atoms with E-state index in [1.54, 1.807) is 38.4 Å². The van der Waals surface area contributed by atoms with E-state index in [0.717, 1.165) is 16.7 Å². The van der Waals surface area contributed by atoms with Gasteiger partial charge in [-0.1, -0.05) is 48.5 Å². The van der Waals surface area contributed by atoms with Gasteiger partial charge in [-0.15, -0.1) is 0 Å². The summed E-state index contributed by atoms with van der Waals surface area (Å²) in [5, 5.41) is 3.02. The molecule has 0 radical (unpaired) electrons. The maximum absolute atomic E-state index is 14.0. The lowest BCUT2D eigenvalue weighted by Gasteiger charge is -2.32. The number of nitrogens with one attached hydrogen (secondary N) is 1. The third-order valence-electron chi connectivity index (χ3n) is 6.38. The van der Waals surface area contributed by atoms with E-state index in [1.807, 2.05) is 74.5 Å². The van der Waals surface area contributed by atoms with Crippen molar-refractivity contribution in [3.63, 3.8) is 0 Å². The number of methoxy groups -OCH3 is 3. The van der Waals surface area contributed by atoms with Crippen molar-refractivity contribution in [2.24, 2.45) is 0 Å². The molecule has 0 aromatic heterocycles. The Balaban J connectivity index is 1.93. The molecule has 3 rings (SSSR count). The quantitative estimate of drug-likeness (QED) is 0.270. The van der Waals surface area contributed by atoms with Crippen molar-refractivity contribution in [3.8, 4) is 17.2 Å². The van der Waals surface area contributed by atoms with Crippen molar-refractivity contribution in [1.82, 2.24) is 10.2 Å². The largest absolute Gasteiger partial charge is 0.497 e. The van der Waals surface area contributed by atoms with Crippen LogP contribution < -0.4 is 19.5 Å². The van der Waals surface area contributed by atoms with Gasteiger partial charge in [-0.2, -0.15) is 0 Å². The van der Waals surface area contributed by atoms with Crippen LogP contribution in [0.3, 0.4) is 0 Å². The van der Waals surface area contributed by atoms with Gasteiger partial charge in [0, 0.05) is 19.7 Å². The van der Waals surface area contributed by atoms with E-state index in [1.165, 1.54) is 0 Å². The van der Waals surface area contributed by atoms with Crippen molar-refractivity contribution >= 4 is 11.8 Å². The summed E-state index contributed by atoms with van der Waals surface area (Å²) in [7, 11) is 4.73. The lowest BCUT2D eigenvalue weighted by atomic mass is 10.0. The predicted octanol–water partition coefficient (Wildman–Crippen LogP) is 4.96. The van der Waals surface area contributed by atoms with Gasteiger partial charge in [-0.25, -0.2) is 0 Å². The highest BCUT2D eigenvalue weighted by atomic mass is 16.5. The fourth-order valence-corrected chi connectivity index (χ4v) is 4.33. The van der Waals surface area contributed by atoms with Crippen molar-refractivity contribution in [2.75, 3.05) is 34.5 Å². The van der Waals surface area contributed by atoms with Crippen LogP contribution in [0.15, 0.2) is 72.8 Å². The molecule has 0 bridgehead atoms. The van der Waals surface area contributed by atoms with Gasteiger partial charge in [0.1, 0.15) is 11.8 Å². The van der Waals surface area contributed by atoms with Crippen LogP contribution in [0.5, 0.6) is 17.2 Å². The second-order valence-corrected chi connectivity index (χ2v) is 9.61. The van der Waals surface area contributed by atoms with Gasteiger partial charge in [-0.05, 0) is 61.2 Å². The molecule has 3 aromatic rings. The number of carbonyl (C=O) groups is 2. The van der Waals surface area contributed by atoms with Gasteiger partial charge in [0.2, 0.25) is 11.8 Å². The minimum atomic E-state index is -0.832. The minimum absolute atomic E-state index is 0.0787. The molecular weight excluding hydrogens is 508 g/mol. The van der Waals surface area contributed by atoms with Gasteiger partial charge >= 0.3 is 0 Å². The Labute approximate surface area is 237 Å². The highest BCUT2D eigenvalue weighted by Gasteiger charge is 2.31. The molecule has 0 saturated heterocycles. The minimum Gasteiger partial charge on any atom is -0.497 e. The Morgan fingerprint density at radius 1 is 0.825 bits per heavy atom. The molecule has 0 saturated carbocycles. The van der Waals surface area contributed by atoms with Crippen LogP contribution >= 0.6 is 0 Å². The normalized spacial score (nSPS) is 11.6. The first-order chi connectivity index (χ1) is 19.4. The zero-order valence-corrected chi connectivity index (χ0v) is 24.0. The first-order valence-corrected chi connectivity index (χ1v) is 13.4. The number of amides is 2. The summed E-state index contributed by atoms with van der Waals surface area (Å²) in [4.78, 5) is 29.3. The second-order valence-electron chi connectivity index (χ2n) is 9.61. The van der Waals surface area contributed by atoms with Gasteiger partial charge in [0.05, 0.1) is 33.9 Å². The molecule has 8 heteroatoms. The SMILES string of the molecule is COc1ccc(CN(C(=O)Cc2ccc(OC)c(OC)c2)[C@H](C(=O)NCCCOC(C)C)c2ccccc2)cc1. The molecule has 0 fully saturated rings. The maximum Gasteiger partial charge on any atom is 0.247 e. The zero-order valence-electron chi connectivity index (χ0n) is 24.0. The Kier molecular flexibility index (Phi) is 11.8. The molecule has 8 nitrogen and oxygen atoms in total. The molecule has 0 aliphatic heterocycles. The lowest BCUT2D eigenvalue weighted by molar-refractivity contribution is -0.141. The molecule has 40 heavy (non-hydrogen) atoms. The first-order valence-electron chi connectivity index (χ1n) is 13.4. The number of carbonyl (C=O) groups excluding carboxylic acids is 2. The summed E-state index contributed by atoms with van der Waals surface area (Å²) < 4.78 is 21.7. The van der Waals surface area contributed by atoms with Gasteiger partial charge < -0.3 is 29.2 Å². The molecule has 0 heterocycles. The van der Waals surface area contributed by atoms with E-state index in [9.17, 15) is 9.59 Å². The van der Waals surface area contributed by atoms with Crippen molar-refractivity contribution in [1.29, 1.82) is 0 Å². The molecule has 3 aromatic carbocycles. The molecule has 1 N–H and O–H groups in total. The average molecular weight is 549 g/mol. The van der Waals surface area contributed by atoms with E-state index in [-0.39, 0.29) is 30.9 Å². The van der Waals surface area contributed by atoms with E-state index in [2.05, 4.69) is 5.32 Å². The summed E-state index contributed by atoms with van der Waals surface area (Å²) >= 11 is 0. The Hall–Kier alpha value is -4.04. The highest BCUT2D eigenvalue weighted by Crippen LogP contribution is 2.29. The molecule has 214 valence electrons. The average Bonchev–Trinajstić information content (AvgIpc) is 2.97. The lowest BCUT2D eigenvalue weighted by Crippen LogP contribution is -2.44. The van der Waals surface area contributed by atoms with E-state index in [0.29, 0.717) is 36.8 Å². The molecule has 2 amide bonds. The van der Waals surface area contributed by atoms with Crippen molar-refractivity contribution in [3.05, 3.63) is 89.5 Å². The second kappa shape index (κ2) is 15.5. The Morgan fingerprint density at radius 2 is 1.50 bits per heavy atom. The number of rotatable bonds is 15. The van der Waals surface area contributed by atoms with Crippen molar-refractivity contribution in [2.45, 2.75) is 45.4 Å². The van der Waals surface area contributed by atoms with Gasteiger partial charge in [0.15, 0.2) is 11.5 Å². The van der Waals surface area contributed by atoms with E-state index < -0.39 is 6.04 Å². The number of nitrogens with zero attached hydrogens (tertiary/aromatic N) is 1. The third kappa shape index (κ3) is 8.74. The number of ether oxygens (including phenoxy) is 4. The number of benzene rings is 3. The fourth-order valence-electron chi connectivity index (χ4n) is 4.33. The van der Waals surface area contributed by atoms with Crippen LogP contribution in [0.1, 0.15) is 43.0 Å². The van der Waals surface area contributed by atoms with Crippen LogP contribution in [0.25, 0.3) is 0 Å². The summed E-state index contributed by atoms with van der Waals surface area (Å²) in [5.41, 5.74) is 2.36. The number of hydrogen-bond acceptors (Lipinski definition) is 6. The summed E-state index contributed by atoms with van der Waals surface area (Å²) in [6.45, 7) is 5.17. The summed E-state index contributed by atoms with van der Waals surface area (Å²) in [5.74, 6) is 1.39. The monoisotopic (exact) mass is 548 g/mol. The molecule has 0 unspecified atom stereocenters. The fraction of sp³-hybridized carbons (Fsp3) is 0.375. The summed E-state index contributed by atoms with van der Waals surface area (Å²) in [6.07, 6.45) is 0.876. The summed E-state index contributed by atoms with van der Waals surface area (Å²) in [6, 6.07) is 21.4. The van der Waals surface area contributed by atoms with Gasteiger partial charge in [0.25, 0.3) is 0 Å². The topological polar surface area (TPSA) is 86.3 Å². The zero-order chi connectivity index (χ0) is 28.9. The smallest absolute Gasteiger partial charge is 0.247 e. The van der Waals surface area contributed by atoms with E-state index in [4.69, 9.17) is 18.9 Å². The van der Waals surface area contributed by atoms with Crippen LogP contribution in [0.2, 0.25) is 0 Å². The van der Waals surface area contributed by atoms with Crippen LogP contribution in [-0.2, 0) is 27.3 Å².